The molecule has 1 unspecified atom stereocenters. The Morgan fingerprint density at radius 1 is 1.05 bits per heavy atom. The van der Waals surface area contributed by atoms with Crippen LogP contribution in [0.2, 0.25) is 0 Å². The number of fused-ring (bicyclic) bond motifs is 1. The summed E-state index contributed by atoms with van der Waals surface area (Å²) >= 11 is 3.44. The highest BCUT2D eigenvalue weighted by atomic mass is 79.9. The first-order valence-corrected chi connectivity index (χ1v) is 7.25. The Hall–Kier alpha value is -1.94. The minimum atomic E-state index is 0.193. The Balaban J connectivity index is 1.86. The molecule has 2 aromatic carbocycles. The van der Waals surface area contributed by atoms with Crippen molar-refractivity contribution in [3.05, 3.63) is 64.8 Å². The van der Waals surface area contributed by atoms with Gasteiger partial charge in [-0.1, -0.05) is 46.3 Å². The molecule has 100 valence electrons. The van der Waals surface area contributed by atoms with Crippen molar-refractivity contribution in [2.24, 2.45) is 0 Å². The molecular formula is C16H14BrN3. The minimum Gasteiger partial charge on any atom is -0.362 e. The van der Waals surface area contributed by atoms with Crippen molar-refractivity contribution in [2.45, 2.75) is 13.0 Å². The van der Waals surface area contributed by atoms with E-state index in [1.807, 2.05) is 36.4 Å². The third-order valence-electron chi connectivity index (χ3n) is 3.17. The molecule has 3 nitrogen and oxygen atoms in total. The van der Waals surface area contributed by atoms with Crippen LogP contribution in [0.4, 0.5) is 5.82 Å². The number of benzene rings is 2. The van der Waals surface area contributed by atoms with Crippen LogP contribution in [0.1, 0.15) is 18.5 Å². The standard InChI is InChI=1S/C16H14BrN3/c1-11(12-5-3-2-4-6-12)19-16-10-18-15-9-13(17)7-8-14(15)20-16/h2-11H,1H3,(H,19,20). The van der Waals surface area contributed by atoms with E-state index in [4.69, 9.17) is 0 Å². The average Bonchev–Trinajstić information content (AvgIpc) is 2.48. The number of anilines is 1. The summed E-state index contributed by atoms with van der Waals surface area (Å²) in [6.45, 7) is 2.11. The molecule has 0 saturated carbocycles. The van der Waals surface area contributed by atoms with E-state index in [0.717, 1.165) is 21.3 Å². The number of nitrogens with one attached hydrogen (secondary N) is 1. The van der Waals surface area contributed by atoms with Crippen molar-refractivity contribution < 1.29 is 0 Å². The first-order valence-electron chi connectivity index (χ1n) is 6.46. The molecule has 0 radical (unpaired) electrons. The van der Waals surface area contributed by atoms with Crippen LogP contribution in [0.25, 0.3) is 11.0 Å². The maximum Gasteiger partial charge on any atom is 0.145 e. The molecule has 3 aromatic rings. The fourth-order valence-electron chi connectivity index (χ4n) is 2.10. The number of aromatic nitrogens is 2. The van der Waals surface area contributed by atoms with Crippen LogP contribution in [0, 0.1) is 0 Å². The van der Waals surface area contributed by atoms with Gasteiger partial charge in [0, 0.05) is 10.5 Å². The number of hydrogen-bond donors (Lipinski definition) is 1. The van der Waals surface area contributed by atoms with Crippen LogP contribution in [-0.4, -0.2) is 9.97 Å². The van der Waals surface area contributed by atoms with Gasteiger partial charge in [0.1, 0.15) is 5.82 Å². The van der Waals surface area contributed by atoms with Crippen LogP contribution in [-0.2, 0) is 0 Å². The molecular weight excluding hydrogens is 314 g/mol. The molecule has 0 amide bonds. The molecule has 1 N–H and O–H groups in total. The Labute approximate surface area is 126 Å². The first-order chi connectivity index (χ1) is 9.72. The van der Waals surface area contributed by atoms with E-state index in [0.29, 0.717) is 0 Å². The Morgan fingerprint density at radius 3 is 2.65 bits per heavy atom. The van der Waals surface area contributed by atoms with E-state index in [2.05, 4.69) is 50.3 Å². The highest BCUT2D eigenvalue weighted by Gasteiger charge is 2.06. The lowest BCUT2D eigenvalue weighted by molar-refractivity contribution is 0.874. The molecule has 1 aromatic heterocycles. The maximum absolute atomic E-state index is 4.59. The quantitative estimate of drug-likeness (QED) is 0.765. The fraction of sp³-hybridized carbons (Fsp3) is 0.125. The van der Waals surface area contributed by atoms with E-state index in [1.54, 1.807) is 6.20 Å². The van der Waals surface area contributed by atoms with E-state index < -0.39 is 0 Å². The molecule has 0 aliphatic rings. The van der Waals surface area contributed by atoms with Gasteiger partial charge in [-0.05, 0) is 30.7 Å². The molecule has 4 heteroatoms. The highest BCUT2D eigenvalue weighted by molar-refractivity contribution is 9.10. The van der Waals surface area contributed by atoms with Gasteiger partial charge >= 0.3 is 0 Å². The van der Waals surface area contributed by atoms with E-state index in [1.165, 1.54) is 5.56 Å². The number of hydrogen-bond acceptors (Lipinski definition) is 3. The summed E-state index contributed by atoms with van der Waals surface area (Å²) in [6, 6.07) is 16.4. The van der Waals surface area contributed by atoms with Gasteiger partial charge in [0.15, 0.2) is 0 Å². The van der Waals surface area contributed by atoms with Crippen LogP contribution in [0.3, 0.4) is 0 Å². The Kier molecular flexibility index (Phi) is 3.65. The molecule has 3 rings (SSSR count). The predicted molar refractivity (Wildman–Crippen MR) is 85.7 cm³/mol. The smallest absolute Gasteiger partial charge is 0.145 e. The topological polar surface area (TPSA) is 37.8 Å². The first kappa shape index (κ1) is 13.1. The zero-order valence-electron chi connectivity index (χ0n) is 11.0. The van der Waals surface area contributed by atoms with Crippen molar-refractivity contribution in [2.75, 3.05) is 5.32 Å². The van der Waals surface area contributed by atoms with Crippen molar-refractivity contribution >= 4 is 32.8 Å². The maximum atomic E-state index is 4.59. The predicted octanol–water partition coefficient (Wildman–Crippen LogP) is 4.57. The van der Waals surface area contributed by atoms with Crippen LogP contribution in [0.5, 0.6) is 0 Å². The van der Waals surface area contributed by atoms with E-state index in [9.17, 15) is 0 Å². The molecule has 20 heavy (non-hydrogen) atoms. The molecule has 1 heterocycles. The summed E-state index contributed by atoms with van der Waals surface area (Å²) in [5.74, 6) is 0.788. The SMILES string of the molecule is CC(Nc1cnc2cc(Br)ccc2n1)c1ccccc1. The summed E-state index contributed by atoms with van der Waals surface area (Å²) in [4.78, 5) is 9.02. The second-order valence-corrected chi connectivity index (χ2v) is 5.58. The lowest BCUT2D eigenvalue weighted by Crippen LogP contribution is -2.08. The second-order valence-electron chi connectivity index (χ2n) is 4.66. The Bertz CT molecular complexity index is 728. The number of nitrogens with zero attached hydrogens (tertiary/aromatic N) is 2. The average molecular weight is 328 g/mol. The summed E-state index contributed by atoms with van der Waals surface area (Å²) in [5, 5.41) is 3.38. The second kappa shape index (κ2) is 5.59. The minimum absolute atomic E-state index is 0.193. The molecule has 0 aliphatic heterocycles. The normalized spacial score (nSPS) is 12.3. The van der Waals surface area contributed by atoms with Gasteiger partial charge in [-0.25, -0.2) is 4.98 Å². The fourth-order valence-corrected chi connectivity index (χ4v) is 2.45. The van der Waals surface area contributed by atoms with Crippen molar-refractivity contribution in [3.8, 4) is 0 Å². The van der Waals surface area contributed by atoms with Crippen molar-refractivity contribution in [1.82, 2.24) is 9.97 Å². The van der Waals surface area contributed by atoms with Gasteiger partial charge in [-0.2, -0.15) is 0 Å². The summed E-state index contributed by atoms with van der Waals surface area (Å²) in [7, 11) is 0. The van der Waals surface area contributed by atoms with Crippen LogP contribution >= 0.6 is 15.9 Å². The molecule has 1 atom stereocenters. The van der Waals surface area contributed by atoms with Gasteiger partial charge in [-0.3, -0.25) is 4.98 Å². The molecule has 0 aliphatic carbocycles. The summed E-state index contributed by atoms with van der Waals surface area (Å²) < 4.78 is 1.01. The number of rotatable bonds is 3. The third-order valence-corrected chi connectivity index (χ3v) is 3.66. The highest BCUT2D eigenvalue weighted by Crippen LogP contribution is 2.20. The largest absolute Gasteiger partial charge is 0.362 e. The number of halogens is 1. The molecule has 0 fully saturated rings. The van der Waals surface area contributed by atoms with Crippen molar-refractivity contribution in [3.63, 3.8) is 0 Å². The summed E-state index contributed by atoms with van der Waals surface area (Å²) in [5.41, 5.74) is 3.00. The third kappa shape index (κ3) is 2.80. The van der Waals surface area contributed by atoms with Crippen LogP contribution in [0.15, 0.2) is 59.2 Å². The lowest BCUT2D eigenvalue weighted by Gasteiger charge is -2.14. The zero-order valence-corrected chi connectivity index (χ0v) is 12.6. The van der Waals surface area contributed by atoms with Gasteiger partial charge in [0.2, 0.25) is 0 Å². The van der Waals surface area contributed by atoms with Crippen molar-refractivity contribution in [1.29, 1.82) is 0 Å². The van der Waals surface area contributed by atoms with Gasteiger partial charge < -0.3 is 5.32 Å². The zero-order chi connectivity index (χ0) is 13.9. The molecule has 0 bridgehead atoms. The Morgan fingerprint density at radius 2 is 1.85 bits per heavy atom. The van der Waals surface area contributed by atoms with Crippen LogP contribution < -0.4 is 5.32 Å². The van der Waals surface area contributed by atoms with Gasteiger partial charge in [0.25, 0.3) is 0 Å². The van der Waals surface area contributed by atoms with E-state index >= 15 is 0 Å². The molecule has 0 saturated heterocycles. The summed E-state index contributed by atoms with van der Waals surface area (Å²) in [6.07, 6.45) is 1.77. The van der Waals surface area contributed by atoms with Gasteiger partial charge in [0.05, 0.1) is 17.2 Å². The monoisotopic (exact) mass is 327 g/mol. The van der Waals surface area contributed by atoms with E-state index in [-0.39, 0.29) is 6.04 Å². The molecule has 0 spiro atoms. The van der Waals surface area contributed by atoms with Gasteiger partial charge in [-0.15, -0.1) is 0 Å². The lowest BCUT2D eigenvalue weighted by atomic mass is 10.1.